The maximum Gasteiger partial charge on any atom is 0.0233 e. The summed E-state index contributed by atoms with van der Waals surface area (Å²) in [5.74, 6) is 0. The van der Waals surface area contributed by atoms with Crippen LogP contribution in [0, 0.1) is 0 Å². The topological polar surface area (TPSA) is 15.3 Å². The highest BCUT2D eigenvalue weighted by Crippen LogP contribution is 2.20. The van der Waals surface area contributed by atoms with Crippen molar-refractivity contribution in [3.05, 3.63) is 0 Å². The molecule has 1 unspecified atom stereocenters. The van der Waals surface area contributed by atoms with E-state index in [2.05, 4.69) is 17.3 Å². The number of hydrogen-bond acceptors (Lipinski definition) is 2. The van der Waals surface area contributed by atoms with Gasteiger partial charge in [-0.15, -0.1) is 0 Å². The molecular formula is C6H12N2. The Morgan fingerprint density at radius 3 is 2.75 bits per heavy atom. The molecular weight excluding hydrogens is 100 g/mol. The minimum Gasteiger partial charge on any atom is -0.311 e. The lowest BCUT2D eigenvalue weighted by Gasteiger charge is -2.21. The smallest absolute Gasteiger partial charge is 0.0233 e. The fourth-order valence-electron chi connectivity index (χ4n) is 1.77. The monoisotopic (exact) mass is 112 g/mol. The molecule has 0 spiro atoms. The molecule has 2 rings (SSSR count). The maximum absolute atomic E-state index is 3.44. The standard InChI is InChI=1S/C6H12N2/c1-8-4-5-2-6(8)3-7-5/h5-7H,2-4H2,1H3/t5-,6?/m1/s1. The second-order valence-electron chi connectivity index (χ2n) is 2.93. The van der Waals surface area contributed by atoms with E-state index >= 15 is 0 Å². The maximum atomic E-state index is 3.44. The number of nitrogens with zero attached hydrogens (tertiary/aromatic N) is 1. The van der Waals surface area contributed by atoms with Gasteiger partial charge in [-0.25, -0.2) is 0 Å². The van der Waals surface area contributed by atoms with E-state index in [-0.39, 0.29) is 0 Å². The van der Waals surface area contributed by atoms with Gasteiger partial charge in [0.05, 0.1) is 0 Å². The summed E-state index contributed by atoms with van der Waals surface area (Å²) in [5, 5.41) is 3.44. The van der Waals surface area contributed by atoms with Gasteiger partial charge in [0, 0.05) is 25.2 Å². The lowest BCUT2D eigenvalue weighted by atomic mass is 10.2. The summed E-state index contributed by atoms with van der Waals surface area (Å²) in [6.45, 7) is 2.49. The highest BCUT2D eigenvalue weighted by molar-refractivity contribution is 4.95. The van der Waals surface area contributed by atoms with E-state index < -0.39 is 0 Å². The highest BCUT2D eigenvalue weighted by Gasteiger charge is 2.34. The molecule has 8 heavy (non-hydrogen) atoms. The first-order valence-corrected chi connectivity index (χ1v) is 3.30. The predicted octanol–water partition coefficient (Wildman–Crippen LogP) is -0.338. The van der Waals surface area contributed by atoms with Gasteiger partial charge in [0.1, 0.15) is 0 Å². The molecule has 2 bridgehead atoms. The average molecular weight is 112 g/mol. The third-order valence-electron chi connectivity index (χ3n) is 2.33. The number of fused-ring (bicyclic) bond motifs is 2. The van der Waals surface area contributed by atoms with Crippen molar-refractivity contribution < 1.29 is 0 Å². The molecule has 2 saturated heterocycles. The molecule has 46 valence electrons. The van der Waals surface area contributed by atoms with E-state index in [1.54, 1.807) is 0 Å². The summed E-state index contributed by atoms with van der Waals surface area (Å²) in [7, 11) is 2.21. The lowest BCUT2D eigenvalue weighted by molar-refractivity contribution is 0.276. The van der Waals surface area contributed by atoms with Gasteiger partial charge in [0.2, 0.25) is 0 Å². The second-order valence-corrected chi connectivity index (χ2v) is 2.93. The van der Waals surface area contributed by atoms with Crippen LogP contribution in [0.25, 0.3) is 0 Å². The van der Waals surface area contributed by atoms with Crippen LogP contribution in [0.5, 0.6) is 0 Å². The molecule has 0 radical (unpaired) electrons. The van der Waals surface area contributed by atoms with E-state index in [4.69, 9.17) is 0 Å². The van der Waals surface area contributed by atoms with E-state index in [1.165, 1.54) is 19.5 Å². The van der Waals surface area contributed by atoms with Crippen LogP contribution < -0.4 is 5.32 Å². The van der Waals surface area contributed by atoms with E-state index in [9.17, 15) is 0 Å². The normalized spacial score (nSPS) is 46.1. The average Bonchev–Trinajstić information content (AvgIpc) is 2.23. The Kier molecular flexibility index (Phi) is 0.866. The molecule has 2 atom stereocenters. The van der Waals surface area contributed by atoms with Crippen molar-refractivity contribution in [2.75, 3.05) is 20.1 Å². The van der Waals surface area contributed by atoms with Crippen LogP contribution in [0.15, 0.2) is 0 Å². The molecule has 2 aliphatic heterocycles. The zero-order valence-corrected chi connectivity index (χ0v) is 5.22. The molecule has 0 aromatic heterocycles. The van der Waals surface area contributed by atoms with Crippen LogP contribution in [0.1, 0.15) is 6.42 Å². The predicted molar refractivity (Wildman–Crippen MR) is 32.8 cm³/mol. The zero-order valence-electron chi connectivity index (χ0n) is 5.22. The van der Waals surface area contributed by atoms with Crippen LogP contribution in [-0.2, 0) is 0 Å². The largest absolute Gasteiger partial charge is 0.311 e. The van der Waals surface area contributed by atoms with Crippen molar-refractivity contribution in [2.24, 2.45) is 0 Å². The number of hydrogen-bond donors (Lipinski definition) is 1. The Balaban J connectivity index is 2.11. The van der Waals surface area contributed by atoms with Crippen molar-refractivity contribution >= 4 is 0 Å². The van der Waals surface area contributed by atoms with E-state index in [0.29, 0.717) is 0 Å². The van der Waals surface area contributed by atoms with Gasteiger partial charge in [-0.3, -0.25) is 0 Å². The Labute approximate surface area is 49.9 Å². The molecule has 0 amide bonds. The molecule has 2 nitrogen and oxygen atoms in total. The molecule has 0 aromatic rings. The van der Waals surface area contributed by atoms with Gasteiger partial charge < -0.3 is 10.2 Å². The first-order chi connectivity index (χ1) is 3.86. The Morgan fingerprint density at radius 2 is 2.50 bits per heavy atom. The quantitative estimate of drug-likeness (QED) is 0.461. The third-order valence-corrected chi connectivity index (χ3v) is 2.33. The molecule has 2 fully saturated rings. The number of piperazine rings is 1. The fraction of sp³-hybridized carbons (Fsp3) is 1.00. The number of nitrogens with one attached hydrogen (secondary N) is 1. The summed E-state index contributed by atoms with van der Waals surface area (Å²) in [6.07, 6.45) is 1.39. The van der Waals surface area contributed by atoms with Crippen molar-refractivity contribution in [3.63, 3.8) is 0 Å². The van der Waals surface area contributed by atoms with Crippen LogP contribution in [0.3, 0.4) is 0 Å². The molecule has 2 heterocycles. The summed E-state index contributed by atoms with van der Waals surface area (Å²) in [4.78, 5) is 2.45. The number of likely N-dealkylation sites (tertiary alicyclic amines) is 1. The molecule has 0 aromatic carbocycles. The third kappa shape index (κ3) is 0.501. The summed E-state index contributed by atoms with van der Waals surface area (Å²) >= 11 is 0. The lowest BCUT2D eigenvalue weighted by Crippen LogP contribution is -2.41. The minimum atomic E-state index is 0.824. The Morgan fingerprint density at radius 1 is 1.62 bits per heavy atom. The van der Waals surface area contributed by atoms with Gasteiger partial charge in [-0.2, -0.15) is 0 Å². The van der Waals surface area contributed by atoms with Gasteiger partial charge in [-0.1, -0.05) is 0 Å². The van der Waals surface area contributed by atoms with E-state index in [1.807, 2.05) is 0 Å². The van der Waals surface area contributed by atoms with Crippen LogP contribution in [0.2, 0.25) is 0 Å². The number of likely N-dealkylation sites (N-methyl/N-ethyl adjacent to an activating group) is 1. The van der Waals surface area contributed by atoms with Crippen LogP contribution in [-0.4, -0.2) is 37.1 Å². The van der Waals surface area contributed by atoms with Crippen LogP contribution >= 0.6 is 0 Å². The van der Waals surface area contributed by atoms with Crippen molar-refractivity contribution in [1.82, 2.24) is 10.2 Å². The first kappa shape index (κ1) is 4.77. The van der Waals surface area contributed by atoms with Crippen molar-refractivity contribution in [3.8, 4) is 0 Å². The molecule has 1 N–H and O–H groups in total. The Bertz CT molecular complexity index is 101. The second kappa shape index (κ2) is 1.45. The summed E-state index contributed by atoms with van der Waals surface area (Å²) < 4.78 is 0. The summed E-state index contributed by atoms with van der Waals surface area (Å²) in [6, 6.07) is 1.69. The Hall–Kier alpha value is -0.0800. The summed E-state index contributed by atoms with van der Waals surface area (Å²) in [5.41, 5.74) is 0. The molecule has 2 aliphatic rings. The van der Waals surface area contributed by atoms with Crippen molar-refractivity contribution in [2.45, 2.75) is 18.5 Å². The zero-order chi connectivity index (χ0) is 5.56. The SMILES string of the molecule is CN1C[C@H]2CC1CN2. The fourth-order valence-corrected chi connectivity index (χ4v) is 1.77. The molecule has 2 heteroatoms. The van der Waals surface area contributed by atoms with Crippen LogP contribution in [0.4, 0.5) is 0 Å². The highest BCUT2D eigenvalue weighted by atomic mass is 15.3. The van der Waals surface area contributed by atoms with Gasteiger partial charge >= 0.3 is 0 Å². The van der Waals surface area contributed by atoms with Crippen molar-refractivity contribution in [1.29, 1.82) is 0 Å². The minimum absolute atomic E-state index is 0.824. The number of rotatable bonds is 0. The first-order valence-electron chi connectivity index (χ1n) is 3.30. The van der Waals surface area contributed by atoms with E-state index in [0.717, 1.165) is 12.1 Å². The molecule has 0 saturated carbocycles. The van der Waals surface area contributed by atoms with Gasteiger partial charge in [-0.05, 0) is 13.5 Å². The van der Waals surface area contributed by atoms with Gasteiger partial charge in [0.15, 0.2) is 0 Å². The molecule has 0 aliphatic carbocycles. The van der Waals surface area contributed by atoms with Gasteiger partial charge in [0.25, 0.3) is 0 Å².